The lowest BCUT2D eigenvalue weighted by Crippen LogP contribution is -2.53. The molecule has 2 atom stereocenters. The average Bonchev–Trinajstić information content (AvgIpc) is 2.86. The second-order valence-corrected chi connectivity index (χ2v) is 5.63. The lowest BCUT2D eigenvalue weighted by molar-refractivity contribution is 0.0645. The fraction of sp³-hybridized carbons (Fsp3) is 0.692. The Morgan fingerprint density at radius 1 is 1.53 bits per heavy atom. The largest absolute Gasteiger partial charge is 0.329 e. The van der Waals surface area contributed by atoms with E-state index in [-0.39, 0.29) is 0 Å². The molecule has 0 aromatic carbocycles. The van der Waals surface area contributed by atoms with Crippen molar-refractivity contribution in [2.24, 2.45) is 5.73 Å². The summed E-state index contributed by atoms with van der Waals surface area (Å²) >= 11 is 1.76. The van der Waals surface area contributed by atoms with Crippen LogP contribution in [0.2, 0.25) is 0 Å². The molecule has 96 valence electrons. The zero-order chi connectivity index (χ0) is 12.3. The number of nitrogens with zero attached hydrogens (tertiary/aromatic N) is 2. The highest BCUT2D eigenvalue weighted by atomic mass is 32.1. The molecule has 2 unspecified atom stereocenters. The normalized spacial score (nSPS) is 25.0. The van der Waals surface area contributed by atoms with E-state index in [0.29, 0.717) is 12.1 Å². The van der Waals surface area contributed by atoms with Gasteiger partial charge in [0.25, 0.3) is 0 Å². The Bertz CT molecular complexity index is 325. The highest BCUT2D eigenvalue weighted by Crippen LogP contribution is 2.25. The van der Waals surface area contributed by atoms with Gasteiger partial charge < -0.3 is 10.6 Å². The van der Waals surface area contributed by atoms with Crippen LogP contribution in [0.5, 0.6) is 0 Å². The lowest BCUT2D eigenvalue weighted by Gasteiger charge is -2.42. The Labute approximate surface area is 108 Å². The maximum atomic E-state index is 5.97. The number of rotatable bonds is 4. The minimum absolute atomic E-state index is 0.406. The Morgan fingerprint density at radius 2 is 2.35 bits per heavy atom. The van der Waals surface area contributed by atoms with E-state index in [2.05, 4.69) is 40.6 Å². The van der Waals surface area contributed by atoms with Crippen molar-refractivity contribution >= 4 is 11.3 Å². The fourth-order valence-electron chi connectivity index (χ4n) is 2.65. The van der Waals surface area contributed by atoms with E-state index < -0.39 is 0 Å². The molecule has 0 amide bonds. The number of likely N-dealkylation sites (N-methyl/N-ethyl adjacent to an activating group) is 1. The van der Waals surface area contributed by atoms with Gasteiger partial charge in [-0.25, -0.2) is 0 Å². The molecule has 1 aliphatic rings. The lowest BCUT2D eigenvalue weighted by atomic mass is 10.0. The molecule has 0 radical (unpaired) electrons. The molecule has 3 nitrogen and oxygen atoms in total. The van der Waals surface area contributed by atoms with Crippen molar-refractivity contribution in [2.75, 3.05) is 33.2 Å². The first-order valence-electron chi connectivity index (χ1n) is 6.42. The van der Waals surface area contributed by atoms with Gasteiger partial charge in [0.05, 0.1) is 0 Å². The molecule has 0 bridgehead atoms. The molecule has 1 aliphatic heterocycles. The number of piperazine rings is 1. The van der Waals surface area contributed by atoms with Gasteiger partial charge in [-0.15, -0.1) is 0 Å². The van der Waals surface area contributed by atoms with Gasteiger partial charge in [0.2, 0.25) is 0 Å². The number of thiophene rings is 1. The maximum absolute atomic E-state index is 5.97. The van der Waals surface area contributed by atoms with Crippen LogP contribution < -0.4 is 5.73 Å². The Balaban J connectivity index is 2.06. The van der Waals surface area contributed by atoms with E-state index in [1.165, 1.54) is 12.0 Å². The van der Waals surface area contributed by atoms with Gasteiger partial charge in [0.15, 0.2) is 0 Å². The van der Waals surface area contributed by atoms with Crippen LogP contribution >= 0.6 is 11.3 Å². The van der Waals surface area contributed by atoms with E-state index in [9.17, 15) is 0 Å². The first-order valence-corrected chi connectivity index (χ1v) is 7.37. The van der Waals surface area contributed by atoms with E-state index >= 15 is 0 Å². The Hall–Kier alpha value is -0.420. The molecule has 2 N–H and O–H groups in total. The number of hydrogen-bond donors (Lipinski definition) is 1. The van der Waals surface area contributed by atoms with Crippen molar-refractivity contribution in [3.8, 4) is 0 Å². The van der Waals surface area contributed by atoms with Gasteiger partial charge in [-0.3, -0.25) is 4.90 Å². The SMILES string of the molecule is CCC1CN(C(CN)c2ccsc2)CCN1C. The Morgan fingerprint density at radius 3 is 2.94 bits per heavy atom. The summed E-state index contributed by atoms with van der Waals surface area (Å²) in [6.45, 7) is 6.41. The van der Waals surface area contributed by atoms with Crippen LogP contribution in [0.15, 0.2) is 16.8 Å². The summed E-state index contributed by atoms with van der Waals surface area (Å²) in [5.74, 6) is 0. The molecule has 1 aromatic heterocycles. The Kier molecular flexibility index (Phi) is 4.56. The third kappa shape index (κ3) is 2.88. The molecule has 0 aliphatic carbocycles. The van der Waals surface area contributed by atoms with E-state index in [1.54, 1.807) is 11.3 Å². The molecule has 17 heavy (non-hydrogen) atoms. The van der Waals surface area contributed by atoms with Crippen LogP contribution in [0.3, 0.4) is 0 Å². The van der Waals surface area contributed by atoms with E-state index in [4.69, 9.17) is 5.73 Å². The van der Waals surface area contributed by atoms with Gasteiger partial charge in [-0.2, -0.15) is 11.3 Å². The first kappa shape index (κ1) is 13.0. The molecule has 4 heteroatoms. The predicted molar refractivity (Wildman–Crippen MR) is 74.4 cm³/mol. The number of nitrogens with two attached hydrogens (primary N) is 1. The van der Waals surface area contributed by atoms with Crippen LogP contribution in [0.4, 0.5) is 0 Å². The number of hydrogen-bond acceptors (Lipinski definition) is 4. The van der Waals surface area contributed by atoms with Crippen molar-refractivity contribution in [1.29, 1.82) is 0 Å². The van der Waals surface area contributed by atoms with Gasteiger partial charge in [0.1, 0.15) is 0 Å². The third-order valence-corrected chi connectivity index (χ3v) is 4.57. The molecular formula is C13H23N3S. The molecule has 1 saturated heterocycles. The minimum Gasteiger partial charge on any atom is -0.329 e. The summed E-state index contributed by atoms with van der Waals surface area (Å²) in [4.78, 5) is 5.02. The zero-order valence-electron chi connectivity index (χ0n) is 10.8. The summed E-state index contributed by atoms with van der Waals surface area (Å²) in [6.07, 6.45) is 1.22. The van der Waals surface area contributed by atoms with Crippen molar-refractivity contribution in [3.05, 3.63) is 22.4 Å². The molecule has 0 spiro atoms. The highest BCUT2D eigenvalue weighted by molar-refractivity contribution is 7.07. The summed E-state index contributed by atoms with van der Waals surface area (Å²) < 4.78 is 0. The van der Waals surface area contributed by atoms with Crippen LogP contribution in [0.25, 0.3) is 0 Å². The second-order valence-electron chi connectivity index (χ2n) is 4.85. The highest BCUT2D eigenvalue weighted by Gasteiger charge is 2.28. The first-order chi connectivity index (χ1) is 8.26. The van der Waals surface area contributed by atoms with Gasteiger partial charge in [-0.05, 0) is 35.9 Å². The monoisotopic (exact) mass is 253 g/mol. The van der Waals surface area contributed by atoms with Crippen molar-refractivity contribution in [2.45, 2.75) is 25.4 Å². The fourth-order valence-corrected chi connectivity index (χ4v) is 3.36. The smallest absolute Gasteiger partial charge is 0.0479 e. The van der Waals surface area contributed by atoms with Crippen molar-refractivity contribution in [3.63, 3.8) is 0 Å². The summed E-state index contributed by atoms with van der Waals surface area (Å²) in [7, 11) is 2.23. The van der Waals surface area contributed by atoms with Crippen LogP contribution in [0.1, 0.15) is 24.9 Å². The summed E-state index contributed by atoms with van der Waals surface area (Å²) in [5, 5.41) is 4.38. The molecule has 2 heterocycles. The van der Waals surface area contributed by atoms with Crippen LogP contribution in [-0.2, 0) is 0 Å². The van der Waals surface area contributed by atoms with Crippen molar-refractivity contribution < 1.29 is 0 Å². The summed E-state index contributed by atoms with van der Waals surface area (Å²) in [5.41, 5.74) is 7.35. The molecule has 0 saturated carbocycles. The third-order valence-electron chi connectivity index (χ3n) is 3.87. The molecule has 1 aromatic rings. The maximum Gasteiger partial charge on any atom is 0.0479 e. The molecular weight excluding hydrogens is 230 g/mol. The molecule has 2 rings (SSSR count). The molecule has 1 fully saturated rings. The average molecular weight is 253 g/mol. The summed E-state index contributed by atoms with van der Waals surface area (Å²) in [6, 6.07) is 3.29. The quantitative estimate of drug-likeness (QED) is 0.888. The minimum atomic E-state index is 0.406. The second kappa shape index (κ2) is 5.96. The van der Waals surface area contributed by atoms with Crippen molar-refractivity contribution in [1.82, 2.24) is 9.80 Å². The van der Waals surface area contributed by atoms with Crippen LogP contribution in [0, 0.1) is 0 Å². The van der Waals surface area contributed by atoms with Gasteiger partial charge in [-0.1, -0.05) is 6.92 Å². The van der Waals surface area contributed by atoms with Crippen LogP contribution in [-0.4, -0.2) is 49.1 Å². The van der Waals surface area contributed by atoms with E-state index in [1.807, 2.05) is 0 Å². The van der Waals surface area contributed by atoms with Gasteiger partial charge in [0, 0.05) is 38.3 Å². The van der Waals surface area contributed by atoms with Gasteiger partial charge >= 0.3 is 0 Å². The topological polar surface area (TPSA) is 32.5 Å². The predicted octanol–water partition coefficient (Wildman–Crippen LogP) is 1.77. The zero-order valence-corrected chi connectivity index (χ0v) is 11.6. The standard InChI is InChI=1S/C13H23N3S/c1-3-12-9-16(6-5-15(12)2)13(8-14)11-4-7-17-10-11/h4,7,10,12-13H,3,5-6,8-9,14H2,1-2H3. The van der Waals surface area contributed by atoms with E-state index in [0.717, 1.165) is 26.2 Å².